The standard InChI is InChI=1S/C14H9Cl2NO3/c15-10-6-9(13(17)18)7-11(16)12(10)20-14(19)8-4-2-1-3-5-8/h1-7H,(H2,17,18). The number of halogens is 2. The quantitative estimate of drug-likeness (QED) is 0.698. The van der Waals surface area contributed by atoms with Crippen molar-refractivity contribution < 1.29 is 14.3 Å². The number of carbonyl (C=O) groups is 2. The van der Waals surface area contributed by atoms with Gasteiger partial charge in [-0.05, 0) is 24.3 Å². The maximum Gasteiger partial charge on any atom is 0.343 e. The lowest BCUT2D eigenvalue weighted by Gasteiger charge is -2.09. The molecule has 20 heavy (non-hydrogen) atoms. The number of esters is 1. The highest BCUT2D eigenvalue weighted by atomic mass is 35.5. The zero-order valence-corrected chi connectivity index (χ0v) is 11.6. The summed E-state index contributed by atoms with van der Waals surface area (Å²) in [7, 11) is 0. The Bertz CT molecular complexity index is 648. The fraction of sp³-hybridized carbons (Fsp3) is 0. The van der Waals surface area contributed by atoms with E-state index in [0.717, 1.165) is 0 Å². The van der Waals surface area contributed by atoms with Gasteiger partial charge in [0.05, 0.1) is 15.6 Å². The lowest BCUT2D eigenvalue weighted by molar-refractivity contribution is 0.0735. The van der Waals surface area contributed by atoms with Crippen LogP contribution in [-0.4, -0.2) is 11.9 Å². The summed E-state index contributed by atoms with van der Waals surface area (Å²) in [6, 6.07) is 11.0. The summed E-state index contributed by atoms with van der Waals surface area (Å²) in [5, 5.41) is 0.0752. The number of ether oxygens (including phenoxy) is 1. The fourth-order valence-corrected chi connectivity index (χ4v) is 2.09. The van der Waals surface area contributed by atoms with Crippen LogP contribution in [0.15, 0.2) is 42.5 Å². The van der Waals surface area contributed by atoms with Gasteiger partial charge in [-0.3, -0.25) is 4.79 Å². The van der Waals surface area contributed by atoms with Gasteiger partial charge in [-0.15, -0.1) is 0 Å². The Morgan fingerprint density at radius 2 is 1.50 bits per heavy atom. The van der Waals surface area contributed by atoms with Gasteiger partial charge in [0.25, 0.3) is 0 Å². The van der Waals surface area contributed by atoms with Crippen molar-refractivity contribution in [3.8, 4) is 5.75 Å². The van der Waals surface area contributed by atoms with E-state index in [9.17, 15) is 9.59 Å². The Labute approximate surface area is 125 Å². The molecule has 2 N–H and O–H groups in total. The van der Waals surface area contributed by atoms with Gasteiger partial charge in [0.1, 0.15) is 0 Å². The summed E-state index contributed by atoms with van der Waals surface area (Å²) in [6.45, 7) is 0. The largest absolute Gasteiger partial charge is 0.420 e. The second-order valence-electron chi connectivity index (χ2n) is 3.89. The van der Waals surface area contributed by atoms with Crippen molar-refractivity contribution in [2.24, 2.45) is 5.73 Å². The molecule has 0 fully saturated rings. The van der Waals surface area contributed by atoms with Gasteiger partial charge < -0.3 is 10.5 Å². The summed E-state index contributed by atoms with van der Waals surface area (Å²) in [5.74, 6) is -1.27. The number of benzene rings is 2. The molecule has 0 saturated heterocycles. The van der Waals surface area contributed by atoms with Gasteiger partial charge in [-0.1, -0.05) is 41.4 Å². The van der Waals surface area contributed by atoms with Crippen LogP contribution in [0.1, 0.15) is 20.7 Å². The van der Waals surface area contributed by atoms with E-state index >= 15 is 0 Å². The third-order valence-electron chi connectivity index (χ3n) is 2.49. The molecule has 0 spiro atoms. The fourth-order valence-electron chi connectivity index (χ4n) is 1.53. The van der Waals surface area contributed by atoms with Crippen molar-refractivity contribution in [3.05, 3.63) is 63.6 Å². The number of rotatable bonds is 3. The summed E-state index contributed by atoms with van der Waals surface area (Å²) >= 11 is 11.9. The van der Waals surface area contributed by atoms with E-state index in [-0.39, 0.29) is 21.4 Å². The summed E-state index contributed by atoms with van der Waals surface area (Å²) in [6.07, 6.45) is 0. The summed E-state index contributed by atoms with van der Waals surface area (Å²) in [4.78, 5) is 23.0. The Balaban J connectivity index is 2.31. The van der Waals surface area contributed by atoms with E-state index in [0.29, 0.717) is 5.56 Å². The molecular weight excluding hydrogens is 301 g/mol. The van der Waals surface area contributed by atoms with E-state index in [1.807, 2.05) is 0 Å². The van der Waals surface area contributed by atoms with Crippen molar-refractivity contribution in [1.29, 1.82) is 0 Å². The topological polar surface area (TPSA) is 69.4 Å². The number of hydrogen-bond acceptors (Lipinski definition) is 3. The SMILES string of the molecule is NC(=O)c1cc(Cl)c(OC(=O)c2ccccc2)c(Cl)c1. The first-order valence-electron chi connectivity index (χ1n) is 5.55. The highest BCUT2D eigenvalue weighted by Gasteiger charge is 2.16. The molecule has 0 aliphatic heterocycles. The molecule has 1 amide bonds. The zero-order chi connectivity index (χ0) is 14.7. The van der Waals surface area contributed by atoms with Gasteiger partial charge in [0.15, 0.2) is 5.75 Å². The number of primary amides is 1. The van der Waals surface area contributed by atoms with Gasteiger partial charge in [-0.2, -0.15) is 0 Å². The maximum atomic E-state index is 11.9. The van der Waals surface area contributed by atoms with Gasteiger partial charge in [0, 0.05) is 5.56 Å². The van der Waals surface area contributed by atoms with Crippen LogP contribution in [0.4, 0.5) is 0 Å². The molecule has 2 aromatic rings. The first-order chi connectivity index (χ1) is 9.49. The molecule has 0 radical (unpaired) electrons. The molecule has 0 bridgehead atoms. The lowest BCUT2D eigenvalue weighted by atomic mass is 10.2. The van der Waals surface area contributed by atoms with Crippen molar-refractivity contribution in [3.63, 3.8) is 0 Å². The Morgan fingerprint density at radius 3 is 2.00 bits per heavy atom. The molecule has 2 rings (SSSR count). The molecular formula is C14H9Cl2NO3. The van der Waals surface area contributed by atoms with Crippen molar-refractivity contribution in [1.82, 2.24) is 0 Å². The molecule has 4 nitrogen and oxygen atoms in total. The van der Waals surface area contributed by atoms with E-state index in [1.54, 1.807) is 30.3 Å². The average Bonchev–Trinajstić information content (AvgIpc) is 2.43. The third kappa shape index (κ3) is 3.10. The molecule has 0 heterocycles. The lowest BCUT2D eigenvalue weighted by Crippen LogP contribution is -2.12. The number of nitrogens with two attached hydrogens (primary N) is 1. The number of hydrogen-bond donors (Lipinski definition) is 1. The first kappa shape index (κ1) is 14.4. The Morgan fingerprint density at radius 1 is 0.950 bits per heavy atom. The number of carbonyl (C=O) groups excluding carboxylic acids is 2. The molecule has 6 heteroatoms. The Hall–Kier alpha value is -2.04. The molecule has 0 aliphatic rings. The highest BCUT2D eigenvalue weighted by Crippen LogP contribution is 2.34. The summed E-state index contributed by atoms with van der Waals surface area (Å²) in [5.41, 5.74) is 5.63. The minimum absolute atomic E-state index is 0.00723. The maximum absolute atomic E-state index is 11.9. The molecule has 0 aromatic heterocycles. The van der Waals surface area contributed by atoms with Crippen LogP contribution in [0.5, 0.6) is 5.75 Å². The molecule has 0 unspecified atom stereocenters. The highest BCUT2D eigenvalue weighted by molar-refractivity contribution is 6.38. The van der Waals surface area contributed by atoms with Crippen LogP contribution < -0.4 is 10.5 Å². The Kier molecular flexibility index (Phi) is 4.27. The van der Waals surface area contributed by atoms with Gasteiger partial charge in [-0.25, -0.2) is 4.79 Å². The molecule has 0 atom stereocenters. The van der Waals surface area contributed by atoms with Crippen LogP contribution >= 0.6 is 23.2 Å². The van der Waals surface area contributed by atoms with Crippen molar-refractivity contribution in [2.45, 2.75) is 0 Å². The van der Waals surface area contributed by atoms with Crippen LogP contribution in [0, 0.1) is 0 Å². The predicted molar refractivity (Wildman–Crippen MR) is 76.4 cm³/mol. The second-order valence-corrected chi connectivity index (χ2v) is 4.70. The van der Waals surface area contributed by atoms with E-state index in [2.05, 4.69) is 0 Å². The van der Waals surface area contributed by atoms with Crippen LogP contribution in [0.2, 0.25) is 10.0 Å². The minimum Gasteiger partial charge on any atom is -0.420 e. The summed E-state index contributed by atoms with van der Waals surface area (Å²) < 4.78 is 5.14. The van der Waals surface area contributed by atoms with Crippen molar-refractivity contribution in [2.75, 3.05) is 0 Å². The molecule has 2 aromatic carbocycles. The van der Waals surface area contributed by atoms with Gasteiger partial charge in [0.2, 0.25) is 5.91 Å². The second kappa shape index (κ2) is 5.94. The molecule has 0 saturated carbocycles. The van der Waals surface area contributed by atoms with Gasteiger partial charge >= 0.3 is 5.97 Å². The average molecular weight is 310 g/mol. The third-order valence-corrected chi connectivity index (χ3v) is 3.05. The van der Waals surface area contributed by atoms with E-state index < -0.39 is 11.9 Å². The molecule has 102 valence electrons. The van der Waals surface area contributed by atoms with Crippen LogP contribution in [0.3, 0.4) is 0 Å². The smallest absolute Gasteiger partial charge is 0.343 e. The van der Waals surface area contributed by atoms with E-state index in [1.165, 1.54) is 12.1 Å². The van der Waals surface area contributed by atoms with Crippen molar-refractivity contribution >= 4 is 35.1 Å². The van der Waals surface area contributed by atoms with Crippen LogP contribution in [0.25, 0.3) is 0 Å². The number of amides is 1. The normalized spacial score (nSPS) is 10.1. The van der Waals surface area contributed by atoms with E-state index in [4.69, 9.17) is 33.7 Å². The minimum atomic E-state index is -0.672. The first-order valence-corrected chi connectivity index (χ1v) is 6.30. The predicted octanol–water partition coefficient (Wildman–Crippen LogP) is 3.31. The zero-order valence-electron chi connectivity index (χ0n) is 10.1. The van der Waals surface area contributed by atoms with Crippen LogP contribution in [-0.2, 0) is 0 Å². The molecule has 0 aliphatic carbocycles. The monoisotopic (exact) mass is 309 g/mol.